The van der Waals surface area contributed by atoms with Gasteiger partial charge in [0.05, 0.1) is 25.1 Å². The van der Waals surface area contributed by atoms with Gasteiger partial charge >= 0.3 is 0 Å². The summed E-state index contributed by atoms with van der Waals surface area (Å²) in [7, 11) is 3.31. The normalized spacial score (nSPS) is 14.1. The van der Waals surface area contributed by atoms with Crippen molar-refractivity contribution in [2.45, 2.75) is 19.9 Å². The molecule has 0 radical (unpaired) electrons. The number of nitriles is 1. The van der Waals surface area contributed by atoms with E-state index in [1.54, 1.807) is 20.2 Å². The molecule has 1 rings (SSSR count). The number of nitrogens with one attached hydrogen (secondary N) is 1. The maximum Gasteiger partial charge on any atom is 0.123 e. The molecule has 98 valence electrons. The van der Waals surface area contributed by atoms with Crippen LogP contribution in [0.2, 0.25) is 0 Å². The van der Waals surface area contributed by atoms with Crippen molar-refractivity contribution < 1.29 is 9.13 Å². The molecule has 0 spiro atoms. The first-order valence-electron chi connectivity index (χ1n) is 5.95. The first-order valence-corrected chi connectivity index (χ1v) is 5.95. The van der Waals surface area contributed by atoms with Crippen molar-refractivity contribution >= 4 is 0 Å². The van der Waals surface area contributed by atoms with Gasteiger partial charge < -0.3 is 10.1 Å². The number of benzene rings is 1. The predicted octanol–water partition coefficient (Wildman–Crippen LogP) is 2.89. The van der Waals surface area contributed by atoms with Crippen LogP contribution in [0.15, 0.2) is 18.2 Å². The minimum absolute atomic E-state index is 0.167. The fourth-order valence-electron chi connectivity index (χ4n) is 2.09. The minimum Gasteiger partial charge on any atom is -0.496 e. The Labute approximate surface area is 108 Å². The summed E-state index contributed by atoms with van der Waals surface area (Å²) < 4.78 is 18.6. The number of nitrogens with zero attached hydrogens (tertiary/aromatic N) is 1. The number of hydrogen-bond donors (Lipinski definition) is 1. The fourth-order valence-corrected chi connectivity index (χ4v) is 2.09. The monoisotopic (exact) mass is 250 g/mol. The number of halogens is 1. The molecule has 4 heteroatoms. The average Bonchev–Trinajstić information content (AvgIpc) is 2.35. The van der Waals surface area contributed by atoms with Crippen LogP contribution in [0.1, 0.15) is 25.5 Å². The second kappa shape index (κ2) is 6.36. The zero-order valence-corrected chi connectivity index (χ0v) is 11.2. The maximum atomic E-state index is 13.4. The van der Waals surface area contributed by atoms with Gasteiger partial charge in [-0.15, -0.1) is 0 Å². The van der Waals surface area contributed by atoms with Gasteiger partial charge in [0.15, 0.2) is 0 Å². The van der Waals surface area contributed by atoms with Gasteiger partial charge in [-0.2, -0.15) is 5.26 Å². The van der Waals surface area contributed by atoms with Gasteiger partial charge in [-0.05, 0) is 31.2 Å². The zero-order chi connectivity index (χ0) is 13.7. The average molecular weight is 250 g/mol. The van der Waals surface area contributed by atoms with Crippen LogP contribution in [0.4, 0.5) is 4.39 Å². The Balaban J connectivity index is 3.23. The minimum atomic E-state index is -0.327. The second-order valence-corrected chi connectivity index (χ2v) is 4.55. The van der Waals surface area contributed by atoms with Crippen LogP contribution in [0.5, 0.6) is 5.75 Å². The summed E-state index contributed by atoms with van der Waals surface area (Å²) in [6.45, 7) is 3.95. The molecule has 0 fully saturated rings. The van der Waals surface area contributed by atoms with Gasteiger partial charge in [-0.25, -0.2) is 4.39 Å². The number of rotatable bonds is 5. The molecule has 0 saturated carbocycles. The molecule has 0 bridgehead atoms. The Hall–Kier alpha value is -1.60. The third kappa shape index (κ3) is 2.99. The third-order valence-electron chi connectivity index (χ3n) is 3.06. The van der Waals surface area contributed by atoms with Crippen LogP contribution in [0, 0.1) is 29.0 Å². The van der Waals surface area contributed by atoms with E-state index < -0.39 is 0 Å². The van der Waals surface area contributed by atoms with Crippen LogP contribution in [-0.2, 0) is 0 Å². The Kier molecular flexibility index (Phi) is 5.11. The van der Waals surface area contributed by atoms with E-state index in [-0.39, 0.29) is 23.7 Å². The van der Waals surface area contributed by atoms with E-state index in [4.69, 9.17) is 4.74 Å². The Morgan fingerprint density at radius 1 is 1.39 bits per heavy atom. The Morgan fingerprint density at radius 2 is 2.06 bits per heavy atom. The van der Waals surface area contributed by atoms with E-state index >= 15 is 0 Å². The molecule has 1 aromatic carbocycles. The van der Waals surface area contributed by atoms with Crippen molar-refractivity contribution in [2.24, 2.45) is 11.8 Å². The summed E-state index contributed by atoms with van der Waals surface area (Å²) >= 11 is 0. The highest BCUT2D eigenvalue weighted by molar-refractivity contribution is 5.37. The number of ether oxygens (including phenoxy) is 1. The molecule has 1 aromatic rings. The first kappa shape index (κ1) is 14.5. The molecule has 3 nitrogen and oxygen atoms in total. The molecule has 1 N–H and O–H groups in total. The molecule has 0 heterocycles. The summed E-state index contributed by atoms with van der Waals surface area (Å²) in [5.41, 5.74) is 0.681. The quantitative estimate of drug-likeness (QED) is 0.874. The molecule has 0 aliphatic rings. The van der Waals surface area contributed by atoms with Gasteiger partial charge in [-0.1, -0.05) is 13.8 Å². The van der Waals surface area contributed by atoms with Crippen molar-refractivity contribution in [1.29, 1.82) is 5.26 Å². The van der Waals surface area contributed by atoms with Crippen molar-refractivity contribution in [3.63, 3.8) is 0 Å². The fraction of sp³-hybridized carbons (Fsp3) is 0.500. The molecule has 0 amide bonds. The van der Waals surface area contributed by atoms with E-state index in [1.807, 2.05) is 13.8 Å². The maximum absolute atomic E-state index is 13.4. The topological polar surface area (TPSA) is 45.0 Å². The third-order valence-corrected chi connectivity index (χ3v) is 3.06. The van der Waals surface area contributed by atoms with Crippen LogP contribution in [0.3, 0.4) is 0 Å². The van der Waals surface area contributed by atoms with E-state index in [0.29, 0.717) is 11.3 Å². The van der Waals surface area contributed by atoms with Crippen LogP contribution in [0.25, 0.3) is 0 Å². The summed E-state index contributed by atoms with van der Waals surface area (Å²) in [5, 5.41) is 12.4. The van der Waals surface area contributed by atoms with Crippen LogP contribution in [-0.4, -0.2) is 14.2 Å². The molecule has 0 aromatic heterocycles. The summed E-state index contributed by atoms with van der Waals surface area (Å²) in [6, 6.07) is 6.40. The Bertz CT molecular complexity index is 440. The molecular formula is C14H19FN2O. The summed E-state index contributed by atoms with van der Waals surface area (Å²) in [6.07, 6.45) is 0. The largest absolute Gasteiger partial charge is 0.496 e. The van der Waals surface area contributed by atoms with Gasteiger partial charge in [0, 0.05) is 5.56 Å². The summed E-state index contributed by atoms with van der Waals surface area (Å²) in [4.78, 5) is 0. The van der Waals surface area contributed by atoms with Crippen molar-refractivity contribution in [3.05, 3.63) is 29.6 Å². The molecule has 0 aliphatic heterocycles. The molecular weight excluding hydrogens is 231 g/mol. The van der Waals surface area contributed by atoms with Gasteiger partial charge in [0.2, 0.25) is 0 Å². The summed E-state index contributed by atoms with van der Waals surface area (Å²) in [5.74, 6) is 0.189. The standard InChI is InChI=1S/C14H19FN2O/c1-9(2)12(8-16)14(17-3)11-7-10(15)5-6-13(11)18-4/h5-7,9,12,14,17H,1-4H3. The lowest BCUT2D eigenvalue weighted by Gasteiger charge is -2.26. The number of methoxy groups -OCH3 is 1. The smallest absolute Gasteiger partial charge is 0.123 e. The molecule has 18 heavy (non-hydrogen) atoms. The van der Waals surface area contributed by atoms with Crippen LogP contribution >= 0.6 is 0 Å². The lowest BCUT2D eigenvalue weighted by atomic mass is 9.85. The van der Waals surface area contributed by atoms with E-state index in [1.165, 1.54) is 12.1 Å². The zero-order valence-electron chi connectivity index (χ0n) is 11.2. The van der Waals surface area contributed by atoms with E-state index in [0.717, 1.165) is 0 Å². The SMILES string of the molecule is CNC(c1cc(F)ccc1OC)C(C#N)C(C)C. The molecule has 0 saturated heterocycles. The number of hydrogen-bond acceptors (Lipinski definition) is 3. The van der Waals surface area contributed by atoms with Crippen LogP contribution < -0.4 is 10.1 Å². The highest BCUT2D eigenvalue weighted by Gasteiger charge is 2.27. The van der Waals surface area contributed by atoms with Crippen molar-refractivity contribution in [2.75, 3.05) is 14.2 Å². The van der Waals surface area contributed by atoms with Gasteiger partial charge in [-0.3, -0.25) is 0 Å². The first-order chi connectivity index (χ1) is 8.54. The van der Waals surface area contributed by atoms with Crippen molar-refractivity contribution in [1.82, 2.24) is 5.32 Å². The van der Waals surface area contributed by atoms with E-state index in [9.17, 15) is 9.65 Å². The molecule has 0 aliphatic carbocycles. The second-order valence-electron chi connectivity index (χ2n) is 4.55. The highest BCUT2D eigenvalue weighted by atomic mass is 19.1. The molecule has 2 unspecified atom stereocenters. The lowest BCUT2D eigenvalue weighted by molar-refractivity contribution is 0.342. The predicted molar refractivity (Wildman–Crippen MR) is 68.7 cm³/mol. The highest BCUT2D eigenvalue weighted by Crippen LogP contribution is 2.33. The van der Waals surface area contributed by atoms with Gasteiger partial charge in [0.25, 0.3) is 0 Å². The van der Waals surface area contributed by atoms with Crippen molar-refractivity contribution in [3.8, 4) is 11.8 Å². The van der Waals surface area contributed by atoms with Gasteiger partial charge in [0.1, 0.15) is 11.6 Å². The Morgan fingerprint density at radius 3 is 2.50 bits per heavy atom. The lowest BCUT2D eigenvalue weighted by Crippen LogP contribution is -2.28. The molecule has 2 atom stereocenters. The van der Waals surface area contributed by atoms with E-state index in [2.05, 4.69) is 11.4 Å².